The highest BCUT2D eigenvalue weighted by molar-refractivity contribution is 14.0. The van der Waals surface area contributed by atoms with E-state index in [1.54, 1.807) is 14.2 Å². The first-order valence-electron chi connectivity index (χ1n) is 6.73. The maximum Gasteiger partial charge on any atom is 0.213 e. The number of methoxy groups -OCH3 is 1. The van der Waals surface area contributed by atoms with Crippen molar-refractivity contribution in [1.29, 1.82) is 0 Å². The van der Waals surface area contributed by atoms with E-state index in [0.717, 1.165) is 24.6 Å². The van der Waals surface area contributed by atoms with Gasteiger partial charge in [-0.25, -0.2) is 4.98 Å². The monoisotopic (exact) mass is 424 g/mol. The van der Waals surface area contributed by atoms with Crippen LogP contribution < -0.4 is 15.4 Å². The lowest BCUT2D eigenvalue weighted by atomic mass is 10.3. The molecule has 0 saturated carbocycles. The molecular weight excluding hydrogens is 399 g/mol. The van der Waals surface area contributed by atoms with Gasteiger partial charge in [0.05, 0.1) is 19.3 Å². The Hall–Kier alpha value is -0.700. The molecule has 21 heavy (non-hydrogen) atoms. The van der Waals surface area contributed by atoms with Crippen LogP contribution in [0.15, 0.2) is 23.2 Å². The number of thioether (sulfide) groups is 1. The fraction of sp³-hybridized carbons (Fsp3) is 0.571. The molecule has 1 heterocycles. The fourth-order valence-corrected chi connectivity index (χ4v) is 2.14. The molecule has 0 atom stereocenters. The van der Waals surface area contributed by atoms with Crippen molar-refractivity contribution in [3.05, 3.63) is 23.9 Å². The molecule has 0 saturated heterocycles. The van der Waals surface area contributed by atoms with Crippen molar-refractivity contribution in [2.45, 2.75) is 19.4 Å². The molecule has 0 bridgehead atoms. The summed E-state index contributed by atoms with van der Waals surface area (Å²) in [6, 6.07) is 5.73. The predicted molar refractivity (Wildman–Crippen MR) is 102 cm³/mol. The molecule has 120 valence electrons. The van der Waals surface area contributed by atoms with E-state index in [0.29, 0.717) is 12.4 Å². The van der Waals surface area contributed by atoms with Crippen molar-refractivity contribution in [3.8, 4) is 5.88 Å². The quantitative estimate of drug-likeness (QED) is 0.291. The Morgan fingerprint density at radius 1 is 1.33 bits per heavy atom. The molecule has 0 aliphatic heterocycles. The van der Waals surface area contributed by atoms with Crippen molar-refractivity contribution >= 4 is 41.7 Å². The van der Waals surface area contributed by atoms with Crippen LogP contribution in [-0.2, 0) is 6.54 Å². The second-order valence-electron chi connectivity index (χ2n) is 4.22. The molecule has 0 amide bonds. The number of aliphatic imine (C=N–C) groups is 1. The Balaban J connectivity index is 0.00000400. The highest BCUT2D eigenvalue weighted by atomic mass is 127. The van der Waals surface area contributed by atoms with E-state index in [1.807, 2.05) is 30.0 Å². The van der Waals surface area contributed by atoms with Gasteiger partial charge >= 0.3 is 0 Å². The normalized spacial score (nSPS) is 10.7. The number of rotatable bonds is 8. The molecule has 1 aromatic heterocycles. The Bertz CT molecular complexity index is 418. The minimum absolute atomic E-state index is 0. The Kier molecular flexibility index (Phi) is 12.6. The van der Waals surface area contributed by atoms with E-state index in [9.17, 15) is 0 Å². The van der Waals surface area contributed by atoms with Gasteiger partial charge in [-0.3, -0.25) is 4.99 Å². The van der Waals surface area contributed by atoms with E-state index >= 15 is 0 Å². The maximum absolute atomic E-state index is 5.10. The van der Waals surface area contributed by atoms with Crippen molar-refractivity contribution in [3.63, 3.8) is 0 Å². The van der Waals surface area contributed by atoms with Crippen LogP contribution in [0.1, 0.15) is 18.5 Å². The van der Waals surface area contributed by atoms with Crippen molar-refractivity contribution in [2.75, 3.05) is 32.7 Å². The zero-order valence-corrected chi connectivity index (χ0v) is 16.0. The van der Waals surface area contributed by atoms with Gasteiger partial charge in [-0.05, 0) is 30.9 Å². The van der Waals surface area contributed by atoms with E-state index in [-0.39, 0.29) is 24.0 Å². The number of halogens is 1. The summed E-state index contributed by atoms with van der Waals surface area (Å²) < 4.78 is 5.10. The second kappa shape index (κ2) is 13.0. The summed E-state index contributed by atoms with van der Waals surface area (Å²) in [5.74, 6) is 2.64. The van der Waals surface area contributed by atoms with Gasteiger partial charge in [-0.1, -0.05) is 6.07 Å². The van der Waals surface area contributed by atoms with Gasteiger partial charge in [-0.2, -0.15) is 11.8 Å². The van der Waals surface area contributed by atoms with Crippen molar-refractivity contribution < 1.29 is 4.74 Å². The molecule has 7 heteroatoms. The molecule has 1 rings (SSSR count). The second-order valence-corrected chi connectivity index (χ2v) is 5.21. The maximum atomic E-state index is 5.10. The van der Waals surface area contributed by atoms with Gasteiger partial charge in [0.2, 0.25) is 5.88 Å². The third-order valence-corrected chi connectivity index (χ3v) is 3.42. The van der Waals surface area contributed by atoms with Crippen LogP contribution in [0.3, 0.4) is 0 Å². The molecule has 0 aliphatic rings. The number of nitrogens with zero attached hydrogens (tertiary/aromatic N) is 2. The molecule has 0 aliphatic carbocycles. The minimum Gasteiger partial charge on any atom is -0.481 e. The van der Waals surface area contributed by atoms with Crippen LogP contribution in [-0.4, -0.2) is 43.7 Å². The smallest absolute Gasteiger partial charge is 0.213 e. The molecule has 0 aromatic carbocycles. The average Bonchev–Trinajstić information content (AvgIpc) is 2.50. The standard InChI is InChI=1S/C14H24N4OS.HI/c1-15-14(16-9-4-5-10-20-3)17-11-12-7-6-8-13(18-12)19-2;/h6-8H,4-5,9-11H2,1-3H3,(H2,15,16,17);1H. The number of hydrogen-bond acceptors (Lipinski definition) is 4. The summed E-state index contributed by atoms with van der Waals surface area (Å²) in [6.45, 7) is 1.56. The third-order valence-electron chi connectivity index (χ3n) is 2.72. The fourth-order valence-electron chi connectivity index (χ4n) is 1.64. The number of unbranched alkanes of at least 4 members (excludes halogenated alkanes) is 1. The first-order chi connectivity index (χ1) is 9.80. The number of aromatic nitrogens is 1. The Morgan fingerprint density at radius 2 is 2.14 bits per heavy atom. The van der Waals surface area contributed by atoms with E-state index < -0.39 is 0 Å². The van der Waals surface area contributed by atoms with Crippen LogP contribution in [0.25, 0.3) is 0 Å². The SMILES string of the molecule is CN=C(NCCCCSC)NCc1cccc(OC)n1.I. The van der Waals surface area contributed by atoms with Gasteiger partial charge in [-0.15, -0.1) is 24.0 Å². The molecule has 2 N–H and O–H groups in total. The highest BCUT2D eigenvalue weighted by Crippen LogP contribution is 2.06. The Labute approximate surface area is 148 Å². The summed E-state index contributed by atoms with van der Waals surface area (Å²) >= 11 is 1.88. The molecular formula is C14H25IN4OS. The summed E-state index contributed by atoms with van der Waals surface area (Å²) in [5, 5.41) is 6.54. The summed E-state index contributed by atoms with van der Waals surface area (Å²) in [5.41, 5.74) is 0.926. The van der Waals surface area contributed by atoms with Crippen molar-refractivity contribution in [2.24, 2.45) is 4.99 Å². The molecule has 0 radical (unpaired) electrons. The number of hydrogen-bond donors (Lipinski definition) is 2. The van der Waals surface area contributed by atoms with E-state index in [2.05, 4.69) is 26.9 Å². The minimum atomic E-state index is 0. The van der Waals surface area contributed by atoms with Crippen LogP contribution in [0.5, 0.6) is 5.88 Å². The van der Waals surface area contributed by atoms with E-state index in [4.69, 9.17) is 4.74 Å². The number of guanidine groups is 1. The summed E-state index contributed by atoms with van der Waals surface area (Å²) in [6.07, 6.45) is 4.51. The highest BCUT2D eigenvalue weighted by Gasteiger charge is 2.00. The van der Waals surface area contributed by atoms with Crippen LogP contribution >= 0.6 is 35.7 Å². The molecule has 0 spiro atoms. The summed E-state index contributed by atoms with van der Waals surface area (Å²) in [7, 11) is 3.39. The molecule has 0 fully saturated rings. The lowest BCUT2D eigenvalue weighted by Gasteiger charge is -2.11. The summed E-state index contributed by atoms with van der Waals surface area (Å²) in [4.78, 5) is 8.54. The van der Waals surface area contributed by atoms with Gasteiger partial charge in [0, 0.05) is 19.7 Å². The third kappa shape index (κ3) is 9.02. The van der Waals surface area contributed by atoms with Crippen LogP contribution in [0.4, 0.5) is 0 Å². The lowest BCUT2D eigenvalue weighted by Crippen LogP contribution is -2.37. The van der Waals surface area contributed by atoms with Gasteiger partial charge in [0.15, 0.2) is 5.96 Å². The first kappa shape index (κ1) is 20.3. The van der Waals surface area contributed by atoms with Gasteiger partial charge in [0.25, 0.3) is 0 Å². The van der Waals surface area contributed by atoms with Gasteiger partial charge < -0.3 is 15.4 Å². The van der Waals surface area contributed by atoms with Crippen LogP contribution in [0.2, 0.25) is 0 Å². The van der Waals surface area contributed by atoms with Gasteiger partial charge in [0.1, 0.15) is 0 Å². The first-order valence-corrected chi connectivity index (χ1v) is 8.13. The molecule has 1 aromatic rings. The average molecular weight is 424 g/mol. The molecule has 0 unspecified atom stereocenters. The largest absolute Gasteiger partial charge is 0.481 e. The predicted octanol–water partition coefficient (Wildman–Crippen LogP) is 2.52. The van der Waals surface area contributed by atoms with E-state index in [1.165, 1.54) is 12.2 Å². The number of nitrogens with one attached hydrogen (secondary N) is 2. The molecule has 5 nitrogen and oxygen atoms in total. The topological polar surface area (TPSA) is 58.5 Å². The zero-order valence-electron chi connectivity index (χ0n) is 12.9. The number of ether oxygens (including phenoxy) is 1. The Morgan fingerprint density at radius 3 is 2.81 bits per heavy atom. The lowest BCUT2D eigenvalue weighted by molar-refractivity contribution is 0.396. The van der Waals surface area contributed by atoms with Crippen LogP contribution in [0, 0.1) is 0 Å². The zero-order chi connectivity index (χ0) is 14.6. The number of pyridine rings is 1. The van der Waals surface area contributed by atoms with Crippen molar-refractivity contribution in [1.82, 2.24) is 15.6 Å².